The van der Waals surface area contributed by atoms with E-state index in [2.05, 4.69) is 14.8 Å². The van der Waals surface area contributed by atoms with Crippen molar-refractivity contribution >= 4 is 11.4 Å². The molecular weight excluding hydrogens is 524 g/mol. The fraction of sp³-hybridized carbons (Fsp3) is 0.231. The first kappa shape index (κ1) is 27.1. The van der Waals surface area contributed by atoms with E-state index in [0.717, 1.165) is 31.2 Å². The van der Waals surface area contributed by atoms with E-state index in [1.54, 1.807) is 17.0 Å². The predicted octanol–water partition coefficient (Wildman–Crippen LogP) is 8.15. The van der Waals surface area contributed by atoms with Gasteiger partial charge in [-0.05, 0) is 66.2 Å². The highest BCUT2D eigenvalue weighted by Gasteiger charge is 2.33. The van der Waals surface area contributed by atoms with Crippen LogP contribution in [-0.2, 0) is 5.92 Å². The van der Waals surface area contributed by atoms with Crippen LogP contribution in [0.15, 0.2) is 84.6 Å². The van der Waals surface area contributed by atoms with Gasteiger partial charge in [-0.2, -0.15) is 0 Å². The van der Waals surface area contributed by atoms with Gasteiger partial charge in [0.15, 0.2) is 0 Å². The van der Waals surface area contributed by atoms with Crippen molar-refractivity contribution in [2.24, 2.45) is 0 Å². The number of halogens is 8. The molecule has 3 aromatic rings. The molecule has 0 fully saturated rings. The van der Waals surface area contributed by atoms with Crippen molar-refractivity contribution in [1.82, 2.24) is 0 Å². The van der Waals surface area contributed by atoms with Crippen LogP contribution in [0.5, 0.6) is 11.5 Å². The monoisotopic (exact) mass is 544 g/mol. The average molecular weight is 544 g/mol. The van der Waals surface area contributed by atoms with Crippen molar-refractivity contribution in [1.29, 1.82) is 0 Å². The summed E-state index contributed by atoms with van der Waals surface area (Å²) in [6.45, 7) is 0.963. The Labute approximate surface area is 212 Å². The third-order valence-corrected chi connectivity index (χ3v) is 5.57. The van der Waals surface area contributed by atoms with Crippen LogP contribution >= 0.6 is 0 Å². The molecule has 1 aliphatic heterocycles. The lowest BCUT2D eigenvalue weighted by molar-refractivity contribution is -0.275. The Hall–Kier alpha value is -3.96. The Kier molecular flexibility index (Phi) is 7.18. The minimum atomic E-state index is -4.86. The van der Waals surface area contributed by atoms with Crippen LogP contribution in [0.4, 0.5) is 46.5 Å². The first-order chi connectivity index (χ1) is 17.7. The molecule has 0 spiro atoms. The number of anilines is 2. The van der Waals surface area contributed by atoms with Gasteiger partial charge in [0.05, 0.1) is 12.6 Å². The highest BCUT2D eigenvalue weighted by molar-refractivity contribution is 5.60. The van der Waals surface area contributed by atoms with E-state index < -0.39 is 36.2 Å². The molecule has 4 nitrogen and oxygen atoms in total. The van der Waals surface area contributed by atoms with Crippen LogP contribution in [0, 0.1) is 0 Å². The maximum Gasteiger partial charge on any atom is 0.573 e. The molecule has 1 aliphatic rings. The van der Waals surface area contributed by atoms with E-state index in [-0.39, 0.29) is 12.1 Å². The fourth-order valence-corrected chi connectivity index (χ4v) is 3.98. The van der Waals surface area contributed by atoms with Gasteiger partial charge in [0.25, 0.3) is 5.92 Å². The van der Waals surface area contributed by atoms with E-state index >= 15 is 0 Å². The van der Waals surface area contributed by atoms with Crippen LogP contribution < -0.4 is 19.7 Å². The quantitative estimate of drug-likeness (QED) is 0.305. The summed E-state index contributed by atoms with van der Waals surface area (Å²) in [5.74, 6) is -3.92. The van der Waals surface area contributed by atoms with Gasteiger partial charge >= 0.3 is 12.7 Å². The molecule has 0 aromatic heterocycles. The summed E-state index contributed by atoms with van der Waals surface area (Å²) >= 11 is 0. The second-order valence-electron chi connectivity index (χ2n) is 8.52. The molecule has 1 N–H and O–H groups in total. The predicted molar refractivity (Wildman–Crippen MR) is 124 cm³/mol. The number of rotatable bonds is 7. The summed E-state index contributed by atoms with van der Waals surface area (Å²) in [6, 6.07) is 15.3. The SMILES string of the molecule is CC(F)(F)c1cccc(C2C=C(Nc3ccc(OC(F)(F)F)cc3)CN2c2ccc(OC(F)(F)F)cc2)c1. The van der Waals surface area contributed by atoms with E-state index in [1.807, 2.05) is 0 Å². The van der Waals surface area contributed by atoms with Crippen molar-refractivity contribution in [3.05, 3.63) is 95.7 Å². The second kappa shape index (κ2) is 10.1. The molecule has 38 heavy (non-hydrogen) atoms. The third-order valence-electron chi connectivity index (χ3n) is 5.57. The molecule has 3 aromatic carbocycles. The zero-order valence-electron chi connectivity index (χ0n) is 19.6. The van der Waals surface area contributed by atoms with Gasteiger partial charge in [0.1, 0.15) is 11.5 Å². The van der Waals surface area contributed by atoms with Crippen LogP contribution in [0.3, 0.4) is 0 Å². The van der Waals surface area contributed by atoms with Gasteiger partial charge in [0.2, 0.25) is 0 Å². The van der Waals surface area contributed by atoms with Gasteiger partial charge in [0, 0.05) is 29.6 Å². The number of hydrogen-bond acceptors (Lipinski definition) is 4. The van der Waals surface area contributed by atoms with E-state index in [0.29, 0.717) is 22.6 Å². The normalized spacial score (nSPS) is 16.3. The van der Waals surface area contributed by atoms with Gasteiger partial charge < -0.3 is 19.7 Å². The largest absolute Gasteiger partial charge is 0.573 e. The summed E-state index contributed by atoms with van der Waals surface area (Å²) in [4.78, 5) is 1.77. The number of nitrogens with zero attached hydrogens (tertiary/aromatic N) is 1. The molecule has 1 atom stereocenters. The molecule has 202 valence electrons. The molecule has 0 radical (unpaired) electrons. The smallest absolute Gasteiger partial charge is 0.406 e. The molecular formula is C26H20F8N2O2. The Morgan fingerprint density at radius 2 is 1.32 bits per heavy atom. The lowest BCUT2D eigenvalue weighted by Gasteiger charge is -2.28. The van der Waals surface area contributed by atoms with Crippen molar-refractivity contribution < 1.29 is 44.6 Å². The summed E-state index contributed by atoms with van der Waals surface area (Å²) in [7, 11) is 0. The van der Waals surface area contributed by atoms with Crippen molar-refractivity contribution in [2.75, 3.05) is 16.8 Å². The molecule has 0 saturated carbocycles. The molecule has 0 saturated heterocycles. The van der Waals surface area contributed by atoms with Crippen molar-refractivity contribution in [2.45, 2.75) is 31.6 Å². The Morgan fingerprint density at radius 1 is 0.763 bits per heavy atom. The van der Waals surface area contributed by atoms with E-state index in [4.69, 9.17) is 0 Å². The molecule has 0 aliphatic carbocycles. The summed E-state index contributed by atoms with van der Waals surface area (Å²) < 4.78 is 111. The first-order valence-corrected chi connectivity index (χ1v) is 11.1. The van der Waals surface area contributed by atoms with Crippen molar-refractivity contribution in [3.8, 4) is 11.5 Å². The number of nitrogens with one attached hydrogen (secondary N) is 1. The van der Waals surface area contributed by atoms with Gasteiger partial charge in [-0.3, -0.25) is 0 Å². The van der Waals surface area contributed by atoms with E-state index in [1.165, 1.54) is 42.5 Å². The second-order valence-corrected chi connectivity index (χ2v) is 8.52. The minimum absolute atomic E-state index is 0.192. The first-order valence-electron chi connectivity index (χ1n) is 11.1. The lowest BCUT2D eigenvalue weighted by atomic mass is 10.0. The van der Waals surface area contributed by atoms with Crippen LogP contribution in [0.2, 0.25) is 0 Å². The van der Waals surface area contributed by atoms with Gasteiger partial charge in [-0.25, -0.2) is 8.78 Å². The Balaban J connectivity index is 1.61. The highest BCUT2D eigenvalue weighted by Crippen LogP contribution is 2.38. The zero-order valence-corrected chi connectivity index (χ0v) is 19.6. The topological polar surface area (TPSA) is 33.7 Å². The van der Waals surface area contributed by atoms with Crippen molar-refractivity contribution in [3.63, 3.8) is 0 Å². The average Bonchev–Trinajstić information content (AvgIpc) is 3.22. The lowest BCUT2D eigenvalue weighted by Crippen LogP contribution is -2.25. The number of benzene rings is 3. The summed E-state index contributed by atoms with van der Waals surface area (Å²) in [6.07, 6.45) is -7.95. The number of ether oxygens (including phenoxy) is 2. The van der Waals surface area contributed by atoms with Crippen LogP contribution in [-0.4, -0.2) is 19.3 Å². The molecule has 0 bridgehead atoms. The summed E-state index contributed by atoms with van der Waals surface area (Å²) in [5.41, 5.74) is 1.81. The standard InChI is InChI=1S/C26H20F8N2O2/c1-24(27,28)17-4-2-3-16(13-17)23-14-19(35-18-5-9-21(10-6-18)37-25(29,30)31)15-36(23)20-7-11-22(12-8-20)38-26(32,33)34/h2-14,23,35H,15H2,1H3. The molecule has 1 heterocycles. The van der Waals surface area contributed by atoms with Crippen LogP contribution in [0.25, 0.3) is 0 Å². The summed E-state index contributed by atoms with van der Waals surface area (Å²) in [5, 5.41) is 3.08. The third kappa shape index (κ3) is 7.08. The fourth-order valence-electron chi connectivity index (χ4n) is 3.98. The maximum absolute atomic E-state index is 14.0. The molecule has 1 unspecified atom stereocenters. The number of alkyl halides is 8. The maximum atomic E-state index is 14.0. The van der Waals surface area contributed by atoms with Gasteiger partial charge in [-0.15, -0.1) is 26.3 Å². The molecule has 12 heteroatoms. The highest BCUT2D eigenvalue weighted by atomic mass is 19.4. The zero-order chi connectivity index (χ0) is 27.7. The molecule has 0 amide bonds. The van der Waals surface area contributed by atoms with Crippen LogP contribution in [0.1, 0.15) is 24.1 Å². The Morgan fingerprint density at radius 3 is 1.84 bits per heavy atom. The van der Waals surface area contributed by atoms with E-state index in [9.17, 15) is 35.1 Å². The number of hydrogen-bond donors (Lipinski definition) is 1. The minimum Gasteiger partial charge on any atom is -0.406 e. The Bertz CT molecular complexity index is 1280. The van der Waals surface area contributed by atoms with Gasteiger partial charge in [-0.1, -0.05) is 18.2 Å². The molecule has 4 rings (SSSR count).